The molecule has 0 amide bonds. The molecule has 3 heterocycles. The van der Waals surface area contributed by atoms with Gasteiger partial charge in [0.25, 0.3) is 0 Å². The number of rotatable bonds is 4. The van der Waals surface area contributed by atoms with Crippen LogP contribution in [0, 0.1) is 5.92 Å². The van der Waals surface area contributed by atoms with Crippen LogP contribution in [0.25, 0.3) is 0 Å². The number of ketones is 1. The smallest absolute Gasteiger partial charge is 0.196 e. The number of Topliss-reactive ketones (excluding diaryl/α,β-unsaturated/α-hetero) is 1. The highest BCUT2D eigenvalue weighted by molar-refractivity contribution is 5.91. The number of furan rings is 1. The van der Waals surface area contributed by atoms with Crippen LogP contribution >= 0.6 is 0 Å². The monoisotopic (exact) mass is 276 g/mol. The second kappa shape index (κ2) is 6.00. The van der Waals surface area contributed by atoms with Gasteiger partial charge in [0.05, 0.1) is 0 Å². The van der Waals surface area contributed by atoms with Gasteiger partial charge in [-0.3, -0.25) is 4.79 Å². The molecule has 0 bridgehead atoms. The first kappa shape index (κ1) is 13.7. The summed E-state index contributed by atoms with van der Waals surface area (Å²) >= 11 is 0. The van der Waals surface area contributed by atoms with Gasteiger partial charge in [0.2, 0.25) is 0 Å². The molecule has 0 N–H and O–H groups in total. The lowest BCUT2D eigenvalue weighted by Crippen LogP contribution is -2.38. The number of likely N-dealkylation sites (tertiary alicyclic amines) is 1. The number of carbonyl (C=O) groups excluding carboxylic acids is 1. The van der Waals surface area contributed by atoms with E-state index < -0.39 is 0 Å². The van der Waals surface area contributed by atoms with E-state index in [4.69, 9.17) is 4.42 Å². The number of hydrogen-bond donors (Lipinski definition) is 0. The Morgan fingerprint density at radius 1 is 1.20 bits per heavy atom. The molecule has 0 atom stereocenters. The molecule has 2 saturated heterocycles. The Labute approximate surface area is 120 Å². The molecule has 0 spiro atoms. The molecule has 0 radical (unpaired) electrons. The summed E-state index contributed by atoms with van der Waals surface area (Å²) in [4.78, 5) is 16.2. The Morgan fingerprint density at radius 2 is 1.90 bits per heavy atom. The molecule has 2 fully saturated rings. The van der Waals surface area contributed by atoms with E-state index in [1.807, 2.05) is 6.07 Å². The van der Waals surface area contributed by atoms with Crippen molar-refractivity contribution in [1.29, 1.82) is 0 Å². The van der Waals surface area contributed by atoms with E-state index in [0.717, 1.165) is 24.9 Å². The highest BCUT2D eigenvalue weighted by Crippen LogP contribution is 2.26. The molecule has 0 saturated carbocycles. The van der Waals surface area contributed by atoms with Crippen LogP contribution in [0.3, 0.4) is 0 Å². The van der Waals surface area contributed by atoms with E-state index in [-0.39, 0.29) is 5.78 Å². The van der Waals surface area contributed by atoms with E-state index in [1.54, 1.807) is 13.0 Å². The van der Waals surface area contributed by atoms with Crippen molar-refractivity contribution in [3.05, 3.63) is 17.9 Å². The van der Waals surface area contributed by atoms with Gasteiger partial charge in [-0.2, -0.15) is 0 Å². The molecule has 20 heavy (non-hydrogen) atoms. The van der Waals surface area contributed by atoms with Crippen LogP contribution in [0.15, 0.2) is 16.5 Å². The van der Waals surface area contributed by atoms with E-state index in [9.17, 15) is 4.79 Å². The first-order valence-corrected chi connectivity index (χ1v) is 7.80. The van der Waals surface area contributed by atoms with Crippen LogP contribution < -0.4 is 4.90 Å². The maximum Gasteiger partial charge on any atom is 0.196 e. The lowest BCUT2D eigenvalue weighted by atomic mass is 9.96. The Kier molecular flexibility index (Phi) is 4.10. The van der Waals surface area contributed by atoms with Gasteiger partial charge in [-0.1, -0.05) is 0 Å². The van der Waals surface area contributed by atoms with Crippen molar-refractivity contribution in [1.82, 2.24) is 4.90 Å². The molecule has 2 aliphatic heterocycles. The van der Waals surface area contributed by atoms with Crippen molar-refractivity contribution >= 4 is 11.7 Å². The van der Waals surface area contributed by atoms with Crippen LogP contribution in [0.1, 0.15) is 43.2 Å². The van der Waals surface area contributed by atoms with Gasteiger partial charge in [0.15, 0.2) is 17.4 Å². The molecule has 4 nitrogen and oxygen atoms in total. The minimum atomic E-state index is 0.000157. The third-order valence-corrected chi connectivity index (χ3v) is 4.58. The summed E-state index contributed by atoms with van der Waals surface area (Å²) in [7, 11) is 0. The van der Waals surface area contributed by atoms with Crippen LogP contribution in [0.5, 0.6) is 0 Å². The Hall–Kier alpha value is -1.29. The van der Waals surface area contributed by atoms with Gasteiger partial charge >= 0.3 is 0 Å². The summed E-state index contributed by atoms with van der Waals surface area (Å²) in [5.74, 6) is 2.15. The fourth-order valence-electron chi connectivity index (χ4n) is 3.35. The van der Waals surface area contributed by atoms with Gasteiger partial charge in [0, 0.05) is 32.6 Å². The van der Waals surface area contributed by atoms with Crippen molar-refractivity contribution in [3.8, 4) is 0 Å². The zero-order valence-electron chi connectivity index (χ0n) is 12.3. The maximum absolute atomic E-state index is 11.3. The fraction of sp³-hybridized carbons (Fsp3) is 0.688. The Balaban J connectivity index is 1.51. The molecule has 0 aromatic carbocycles. The predicted molar refractivity (Wildman–Crippen MR) is 79.3 cm³/mol. The highest BCUT2D eigenvalue weighted by Gasteiger charge is 2.24. The molecule has 0 unspecified atom stereocenters. The number of hydrogen-bond acceptors (Lipinski definition) is 4. The molecule has 4 heteroatoms. The van der Waals surface area contributed by atoms with E-state index in [1.165, 1.54) is 45.3 Å². The maximum atomic E-state index is 11.3. The molecule has 110 valence electrons. The van der Waals surface area contributed by atoms with Gasteiger partial charge in [-0.25, -0.2) is 0 Å². The summed E-state index contributed by atoms with van der Waals surface area (Å²) in [5, 5.41) is 0. The summed E-state index contributed by atoms with van der Waals surface area (Å²) in [6.45, 7) is 7.49. The van der Waals surface area contributed by atoms with Crippen LogP contribution in [-0.4, -0.2) is 43.4 Å². The lowest BCUT2D eigenvalue weighted by Gasteiger charge is -2.33. The zero-order chi connectivity index (χ0) is 13.9. The average Bonchev–Trinajstić information content (AvgIpc) is 3.10. The quantitative estimate of drug-likeness (QED) is 0.792. The minimum absolute atomic E-state index is 0.000157. The Bertz CT molecular complexity index is 455. The summed E-state index contributed by atoms with van der Waals surface area (Å²) in [6.07, 6.45) is 5.21. The first-order valence-electron chi connectivity index (χ1n) is 7.80. The standard InChI is InChI=1S/C16H24N2O2/c1-13(19)15-4-5-16(20-15)18-10-6-14(7-11-18)12-17-8-2-3-9-17/h4-5,14H,2-3,6-12H2,1H3. The van der Waals surface area contributed by atoms with Crippen molar-refractivity contribution in [3.63, 3.8) is 0 Å². The number of nitrogens with zero attached hydrogens (tertiary/aromatic N) is 2. The third kappa shape index (κ3) is 3.06. The van der Waals surface area contributed by atoms with Crippen molar-refractivity contribution in [2.45, 2.75) is 32.6 Å². The van der Waals surface area contributed by atoms with Crippen LogP contribution in [0.2, 0.25) is 0 Å². The molecule has 2 aliphatic rings. The SMILES string of the molecule is CC(=O)c1ccc(N2CCC(CN3CCCC3)CC2)o1. The van der Waals surface area contributed by atoms with Crippen molar-refractivity contribution in [2.24, 2.45) is 5.92 Å². The van der Waals surface area contributed by atoms with E-state index in [2.05, 4.69) is 9.80 Å². The topological polar surface area (TPSA) is 36.7 Å². The second-order valence-corrected chi connectivity index (χ2v) is 6.13. The average molecular weight is 276 g/mol. The van der Waals surface area contributed by atoms with Crippen molar-refractivity contribution in [2.75, 3.05) is 37.6 Å². The molecule has 3 rings (SSSR count). The molecular weight excluding hydrogens is 252 g/mol. The second-order valence-electron chi connectivity index (χ2n) is 6.13. The highest BCUT2D eigenvalue weighted by atomic mass is 16.4. The molecule has 1 aromatic rings. The van der Waals surface area contributed by atoms with Gasteiger partial charge < -0.3 is 14.2 Å². The number of piperidine rings is 1. The summed E-state index contributed by atoms with van der Waals surface area (Å²) < 4.78 is 5.62. The van der Waals surface area contributed by atoms with Crippen LogP contribution in [-0.2, 0) is 0 Å². The fourth-order valence-corrected chi connectivity index (χ4v) is 3.35. The third-order valence-electron chi connectivity index (χ3n) is 4.58. The minimum Gasteiger partial charge on any atom is -0.437 e. The summed E-state index contributed by atoms with van der Waals surface area (Å²) in [5.41, 5.74) is 0. The number of anilines is 1. The van der Waals surface area contributed by atoms with E-state index in [0.29, 0.717) is 5.76 Å². The first-order chi connectivity index (χ1) is 9.72. The van der Waals surface area contributed by atoms with Gasteiger partial charge in [0.1, 0.15) is 0 Å². The Morgan fingerprint density at radius 3 is 2.50 bits per heavy atom. The normalized spacial score (nSPS) is 21.6. The molecule has 0 aliphatic carbocycles. The lowest BCUT2D eigenvalue weighted by molar-refractivity contribution is 0.0987. The number of carbonyl (C=O) groups is 1. The predicted octanol–water partition coefficient (Wildman–Crippen LogP) is 2.79. The van der Waals surface area contributed by atoms with Gasteiger partial charge in [-0.05, 0) is 50.8 Å². The molecular formula is C16H24N2O2. The largest absolute Gasteiger partial charge is 0.437 e. The zero-order valence-corrected chi connectivity index (χ0v) is 12.3. The van der Waals surface area contributed by atoms with Gasteiger partial charge in [-0.15, -0.1) is 0 Å². The summed E-state index contributed by atoms with van der Waals surface area (Å²) in [6, 6.07) is 3.71. The van der Waals surface area contributed by atoms with Crippen LogP contribution in [0.4, 0.5) is 5.88 Å². The van der Waals surface area contributed by atoms with Crippen molar-refractivity contribution < 1.29 is 9.21 Å². The van der Waals surface area contributed by atoms with E-state index >= 15 is 0 Å². The molecule has 1 aromatic heterocycles.